The summed E-state index contributed by atoms with van der Waals surface area (Å²) in [6.07, 6.45) is 5.46. The van der Waals surface area contributed by atoms with Gasteiger partial charge in [-0.25, -0.2) is 0 Å². The fraction of sp³-hybridized carbons (Fsp3) is 0.174. The summed E-state index contributed by atoms with van der Waals surface area (Å²) < 4.78 is 14.6. The van der Waals surface area contributed by atoms with Crippen molar-refractivity contribution in [2.45, 2.75) is 0 Å². The number of amides is 2. The summed E-state index contributed by atoms with van der Waals surface area (Å²) in [5.74, 6) is 0.344. The van der Waals surface area contributed by atoms with E-state index < -0.39 is 15.0 Å². The van der Waals surface area contributed by atoms with Crippen molar-refractivity contribution in [3.63, 3.8) is 0 Å². The molecule has 0 saturated carbocycles. The van der Waals surface area contributed by atoms with Crippen LogP contribution in [-0.4, -0.2) is 62.8 Å². The average molecular weight is 483 g/mol. The van der Waals surface area contributed by atoms with Crippen molar-refractivity contribution in [2.24, 2.45) is 0 Å². The number of hydrogen-bond acceptors (Lipinski definition) is 4. The van der Waals surface area contributed by atoms with Gasteiger partial charge in [0.15, 0.2) is 0 Å². The fourth-order valence-electron chi connectivity index (χ4n) is 3.94. The molecular formula is C23H21FN4O2Se. The molecule has 0 radical (unpaired) electrons. The van der Waals surface area contributed by atoms with E-state index in [9.17, 15) is 14.0 Å². The molecule has 0 atom stereocenters. The summed E-state index contributed by atoms with van der Waals surface area (Å²) in [6.45, 7) is 2.78. The Labute approximate surface area is 185 Å². The first-order valence-corrected chi connectivity index (χ1v) is 12.3. The van der Waals surface area contributed by atoms with Crippen LogP contribution in [0.2, 0.25) is 0 Å². The van der Waals surface area contributed by atoms with E-state index >= 15 is 0 Å². The molecular weight excluding hydrogens is 462 g/mol. The number of hydrogen-bond donors (Lipinski definition) is 1. The van der Waals surface area contributed by atoms with Gasteiger partial charge in [-0.3, -0.25) is 0 Å². The average Bonchev–Trinajstić information content (AvgIpc) is 3.39. The normalized spacial score (nSPS) is 20.5. The van der Waals surface area contributed by atoms with Crippen LogP contribution < -0.4 is 10.2 Å². The predicted octanol–water partition coefficient (Wildman–Crippen LogP) is 1.86. The van der Waals surface area contributed by atoms with Crippen LogP contribution in [0.4, 0.5) is 15.9 Å². The summed E-state index contributed by atoms with van der Waals surface area (Å²) in [6, 6.07) is 10.1. The van der Waals surface area contributed by atoms with Crippen LogP contribution in [0.1, 0.15) is 5.56 Å². The van der Waals surface area contributed by atoms with Crippen LogP contribution in [0.3, 0.4) is 0 Å². The van der Waals surface area contributed by atoms with Crippen molar-refractivity contribution in [1.29, 1.82) is 0 Å². The summed E-state index contributed by atoms with van der Waals surface area (Å²) in [5.41, 5.74) is 2.33. The first-order chi connectivity index (χ1) is 15.1. The van der Waals surface area contributed by atoms with Gasteiger partial charge in [0.2, 0.25) is 0 Å². The molecule has 31 heavy (non-hydrogen) atoms. The molecule has 4 heterocycles. The third kappa shape index (κ3) is 3.92. The number of nitrogens with zero attached hydrogens (tertiary/aromatic N) is 3. The molecule has 1 aromatic carbocycles. The summed E-state index contributed by atoms with van der Waals surface area (Å²) in [7, 11) is 0. The van der Waals surface area contributed by atoms with Crippen molar-refractivity contribution in [3.8, 4) is 0 Å². The van der Waals surface area contributed by atoms with Crippen molar-refractivity contribution in [1.82, 2.24) is 9.88 Å². The number of rotatable bonds is 3. The third-order valence-corrected chi connectivity index (χ3v) is 7.82. The van der Waals surface area contributed by atoms with Gasteiger partial charge in [-0.05, 0) is 0 Å². The molecule has 1 fully saturated rings. The van der Waals surface area contributed by atoms with Crippen molar-refractivity contribution in [3.05, 3.63) is 81.1 Å². The third-order valence-electron chi connectivity index (χ3n) is 5.56. The molecule has 1 saturated heterocycles. The number of nitrogens with one attached hydrogen (secondary N) is 1. The second-order valence-electron chi connectivity index (χ2n) is 7.51. The first-order valence-electron chi connectivity index (χ1n) is 10.0. The number of piperazine rings is 1. The Kier molecular flexibility index (Phi) is 5.18. The fourth-order valence-corrected chi connectivity index (χ4v) is 6.03. The zero-order valence-electron chi connectivity index (χ0n) is 16.6. The van der Waals surface area contributed by atoms with Gasteiger partial charge in [-0.1, -0.05) is 0 Å². The maximum absolute atomic E-state index is 13.6. The number of benzene rings is 1. The predicted molar refractivity (Wildman–Crippen MR) is 121 cm³/mol. The summed E-state index contributed by atoms with van der Waals surface area (Å²) >= 11 is -0.669. The van der Waals surface area contributed by atoms with Crippen molar-refractivity contribution < 1.29 is 14.0 Å². The van der Waals surface area contributed by atoms with Crippen LogP contribution in [0.15, 0.2) is 69.8 Å². The number of pyridine rings is 1. The van der Waals surface area contributed by atoms with Crippen LogP contribution in [0.5, 0.6) is 0 Å². The Balaban J connectivity index is 1.27. The van der Waals surface area contributed by atoms with Crippen LogP contribution in [0, 0.1) is 5.82 Å². The number of halogens is 1. The second-order valence-corrected chi connectivity index (χ2v) is 9.94. The van der Waals surface area contributed by atoms with Gasteiger partial charge < -0.3 is 0 Å². The van der Waals surface area contributed by atoms with E-state index in [-0.39, 0.29) is 17.6 Å². The second kappa shape index (κ2) is 8.13. The van der Waals surface area contributed by atoms with Gasteiger partial charge in [0.05, 0.1) is 0 Å². The Morgan fingerprint density at radius 3 is 2.77 bits per heavy atom. The molecule has 1 N–H and O–H groups in total. The Bertz CT molecular complexity index is 1150. The minimum absolute atomic E-state index is 0.0279. The molecule has 0 aliphatic carbocycles. The molecule has 0 bridgehead atoms. The molecule has 2 aromatic rings. The quantitative estimate of drug-likeness (QED) is 0.535. The van der Waals surface area contributed by atoms with Gasteiger partial charge in [0.1, 0.15) is 0 Å². The van der Waals surface area contributed by atoms with E-state index in [0.717, 1.165) is 23.4 Å². The number of anilines is 2. The molecule has 3 aliphatic heterocycles. The van der Waals surface area contributed by atoms with Gasteiger partial charge >= 0.3 is 185 Å². The van der Waals surface area contributed by atoms with Gasteiger partial charge in [0.25, 0.3) is 0 Å². The molecule has 1 aromatic heterocycles. The van der Waals surface area contributed by atoms with E-state index in [1.54, 1.807) is 18.3 Å². The van der Waals surface area contributed by atoms with Gasteiger partial charge in [-0.2, -0.15) is 0 Å². The van der Waals surface area contributed by atoms with Crippen LogP contribution >= 0.6 is 0 Å². The number of allylic oxidation sites excluding steroid dienone is 2. The van der Waals surface area contributed by atoms with E-state index in [0.29, 0.717) is 35.5 Å². The van der Waals surface area contributed by atoms with E-state index in [4.69, 9.17) is 0 Å². The Hall–Kier alpha value is -3.22. The minimum atomic E-state index is -0.669. The molecule has 8 heteroatoms. The van der Waals surface area contributed by atoms with Gasteiger partial charge in [-0.15, -0.1) is 0 Å². The first kappa shape index (κ1) is 19.7. The molecule has 158 valence electrons. The van der Waals surface area contributed by atoms with E-state index in [1.165, 1.54) is 12.1 Å². The summed E-state index contributed by atoms with van der Waals surface area (Å²) in [5, 5.41) is 2.76. The zero-order valence-corrected chi connectivity index (χ0v) is 18.7. The Morgan fingerprint density at radius 2 is 2.00 bits per heavy atom. The van der Waals surface area contributed by atoms with Crippen LogP contribution in [-0.2, 0) is 9.59 Å². The van der Waals surface area contributed by atoms with Crippen molar-refractivity contribution in [2.75, 3.05) is 36.4 Å². The monoisotopic (exact) mass is 484 g/mol. The summed E-state index contributed by atoms with van der Waals surface area (Å²) in [4.78, 5) is 35.8. The van der Waals surface area contributed by atoms with Crippen molar-refractivity contribution >= 4 is 43.8 Å². The van der Waals surface area contributed by atoms with E-state index in [2.05, 4.69) is 15.2 Å². The Morgan fingerprint density at radius 1 is 1.16 bits per heavy atom. The number of carbonyl (C=O) groups is 2. The number of aromatic nitrogens is 1. The maximum atomic E-state index is 13.6. The molecule has 2 amide bonds. The molecule has 3 aliphatic rings. The van der Waals surface area contributed by atoms with E-state index in [1.807, 2.05) is 34.1 Å². The molecule has 5 rings (SSSR count). The van der Waals surface area contributed by atoms with Gasteiger partial charge in [0, 0.05) is 0 Å². The van der Waals surface area contributed by atoms with Crippen LogP contribution in [0.25, 0.3) is 5.57 Å². The standard InChI is InChI=1S/C23H21FN4O2Se/c24-16-4-5-20-18(12-16)19(22(29)26-20)13-17-11-15(14-31-17)23(30)28-9-7-27(8-10-28)21-3-1-2-6-25-21/h1-6,11-14H,7-10,31H2,(H,26,29)/b19-13-. The topological polar surface area (TPSA) is 65.5 Å². The molecule has 0 spiro atoms. The molecule has 6 nitrogen and oxygen atoms in total. The number of fused-ring (bicyclic) bond motifs is 1. The molecule has 0 unspecified atom stereocenters. The SMILES string of the molecule is O=C1Nc2ccc(F)cc2/C1=C/C1=CC(C(=O)N2CCN(c3ccccn3)CC2)=C[SeH2]1. The number of carbonyl (C=O) groups excluding carboxylic acids is 2. The zero-order chi connectivity index (χ0) is 21.4.